The molecule has 1 nitrogen and oxygen atoms in total. The van der Waals surface area contributed by atoms with Crippen LogP contribution in [-0.2, 0) is 6.54 Å². The third-order valence-electron chi connectivity index (χ3n) is 4.15. The lowest BCUT2D eigenvalue weighted by Gasteiger charge is -2.22. The van der Waals surface area contributed by atoms with Gasteiger partial charge < -0.3 is 5.32 Å². The van der Waals surface area contributed by atoms with Gasteiger partial charge in [0, 0.05) is 12.6 Å². The summed E-state index contributed by atoms with van der Waals surface area (Å²) in [7, 11) is 0. The van der Waals surface area contributed by atoms with Gasteiger partial charge in [0.2, 0.25) is 0 Å². The summed E-state index contributed by atoms with van der Waals surface area (Å²) in [5.74, 6) is 2.03. The van der Waals surface area contributed by atoms with Crippen LogP contribution in [0.2, 0.25) is 0 Å². The highest BCUT2D eigenvalue weighted by Crippen LogP contribution is 2.44. The molecular weight excluding hydrogens is 182 g/mol. The van der Waals surface area contributed by atoms with Crippen molar-refractivity contribution in [2.75, 3.05) is 0 Å². The van der Waals surface area contributed by atoms with Crippen LogP contribution in [-0.4, -0.2) is 6.04 Å². The zero-order valence-electron chi connectivity index (χ0n) is 9.15. The van der Waals surface area contributed by atoms with Crippen LogP contribution in [0.1, 0.15) is 31.2 Å². The Hall–Kier alpha value is -0.820. The number of nitrogens with one attached hydrogen (secondary N) is 1. The van der Waals surface area contributed by atoms with Crippen molar-refractivity contribution in [3.05, 3.63) is 35.9 Å². The van der Waals surface area contributed by atoms with Crippen LogP contribution >= 0.6 is 0 Å². The van der Waals surface area contributed by atoms with Crippen molar-refractivity contribution in [2.24, 2.45) is 11.8 Å². The smallest absolute Gasteiger partial charge is 0.0208 e. The molecule has 1 aromatic carbocycles. The van der Waals surface area contributed by atoms with E-state index in [0.29, 0.717) is 0 Å². The number of rotatable bonds is 3. The second-order valence-corrected chi connectivity index (χ2v) is 5.15. The summed E-state index contributed by atoms with van der Waals surface area (Å²) < 4.78 is 0. The van der Waals surface area contributed by atoms with Gasteiger partial charge in [0.25, 0.3) is 0 Å². The quantitative estimate of drug-likeness (QED) is 0.792. The van der Waals surface area contributed by atoms with E-state index >= 15 is 0 Å². The zero-order valence-corrected chi connectivity index (χ0v) is 9.15. The van der Waals surface area contributed by atoms with Gasteiger partial charge in [-0.05, 0) is 36.7 Å². The predicted molar refractivity (Wildman–Crippen MR) is 62.5 cm³/mol. The van der Waals surface area contributed by atoms with Gasteiger partial charge in [-0.1, -0.05) is 36.8 Å². The van der Waals surface area contributed by atoms with Gasteiger partial charge in [0.15, 0.2) is 0 Å². The minimum Gasteiger partial charge on any atom is -0.310 e. The first-order valence-electron chi connectivity index (χ1n) is 6.19. The first-order chi connectivity index (χ1) is 7.42. The minimum absolute atomic E-state index is 0.809. The van der Waals surface area contributed by atoms with Gasteiger partial charge in [0.05, 0.1) is 0 Å². The maximum absolute atomic E-state index is 3.73. The average Bonchev–Trinajstić information content (AvgIpc) is 2.89. The molecule has 0 unspecified atom stereocenters. The molecule has 80 valence electrons. The van der Waals surface area contributed by atoms with E-state index in [9.17, 15) is 0 Å². The molecule has 0 heterocycles. The Morgan fingerprint density at radius 2 is 1.93 bits per heavy atom. The molecule has 2 saturated carbocycles. The predicted octanol–water partition coefficient (Wildman–Crippen LogP) is 2.96. The average molecular weight is 201 g/mol. The molecule has 1 heteroatoms. The Labute approximate surface area is 91.9 Å². The van der Waals surface area contributed by atoms with Crippen molar-refractivity contribution < 1.29 is 0 Å². The highest BCUT2D eigenvalue weighted by molar-refractivity contribution is 5.14. The van der Waals surface area contributed by atoms with Crippen LogP contribution in [0.3, 0.4) is 0 Å². The van der Waals surface area contributed by atoms with Gasteiger partial charge in [-0.15, -0.1) is 0 Å². The first kappa shape index (κ1) is 9.41. The second kappa shape index (κ2) is 3.97. The van der Waals surface area contributed by atoms with Gasteiger partial charge in [-0.25, -0.2) is 0 Å². The molecule has 1 N–H and O–H groups in total. The molecule has 0 amide bonds. The lowest BCUT2D eigenvalue weighted by atomic mass is 9.95. The molecule has 1 aromatic rings. The molecule has 0 aromatic heterocycles. The molecule has 0 spiro atoms. The maximum atomic E-state index is 3.73. The highest BCUT2D eigenvalue weighted by atomic mass is 14.9. The van der Waals surface area contributed by atoms with E-state index in [1.165, 1.54) is 31.2 Å². The lowest BCUT2D eigenvalue weighted by Crippen LogP contribution is -2.33. The molecular formula is C14H19N. The third kappa shape index (κ3) is 1.93. The largest absolute Gasteiger partial charge is 0.310 e. The van der Waals surface area contributed by atoms with Crippen molar-refractivity contribution in [3.63, 3.8) is 0 Å². The van der Waals surface area contributed by atoms with Gasteiger partial charge in [-0.3, -0.25) is 0 Å². The minimum atomic E-state index is 0.809. The van der Waals surface area contributed by atoms with Crippen molar-refractivity contribution in [1.29, 1.82) is 0 Å². The molecule has 2 aliphatic rings. The van der Waals surface area contributed by atoms with Gasteiger partial charge >= 0.3 is 0 Å². The summed E-state index contributed by atoms with van der Waals surface area (Å²) in [6.45, 7) is 1.05. The van der Waals surface area contributed by atoms with Crippen LogP contribution in [0.5, 0.6) is 0 Å². The topological polar surface area (TPSA) is 12.0 Å². The highest BCUT2D eigenvalue weighted by Gasteiger charge is 2.38. The Balaban J connectivity index is 1.55. The summed E-state index contributed by atoms with van der Waals surface area (Å²) in [5, 5.41) is 3.73. The van der Waals surface area contributed by atoms with Gasteiger partial charge in [-0.2, -0.15) is 0 Å². The fourth-order valence-corrected chi connectivity index (χ4v) is 3.34. The number of hydrogen-bond donors (Lipinski definition) is 1. The Morgan fingerprint density at radius 3 is 2.60 bits per heavy atom. The maximum Gasteiger partial charge on any atom is 0.0208 e. The van der Waals surface area contributed by atoms with E-state index in [1.54, 1.807) is 0 Å². The summed E-state index contributed by atoms with van der Waals surface area (Å²) in [5.41, 5.74) is 1.42. The standard InChI is InChI=1S/C14H19N/c1-2-4-11(5-3-1)10-15-14-9-12-6-7-13(14)8-12/h1-5,12-15H,6-10H2/t12-,13-,14-/m0/s1. The van der Waals surface area contributed by atoms with Crippen LogP contribution < -0.4 is 5.32 Å². The van der Waals surface area contributed by atoms with Crippen molar-refractivity contribution in [1.82, 2.24) is 5.32 Å². The fraction of sp³-hybridized carbons (Fsp3) is 0.571. The lowest BCUT2D eigenvalue weighted by molar-refractivity contribution is 0.351. The van der Waals surface area contributed by atoms with E-state index in [1.807, 2.05) is 0 Å². The fourth-order valence-electron chi connectivity index (χ4n) is 3.34. The zero-order chi connectivity index (χ0) is 10.1. The summed E-state index contributed by atoms with van der Waals surface area (Å²) in [6, 6.07) is 11.6. The van der Waals surface area contributed by atoms with Crippen molar-refractivity contribution in [2.45, 2.75) is 38.3 Å². The number of hydrogen-bond acceptors (Lipinski definition) is 1. The molecule has 0 saturated heterocycles. The molecule has 2 fully saturated rings. The Morgan fingerprint density at radius 1 is 1.07 bits per heavy atom. The molecule has 0 aliphatic heterocycles. The number of benzene rings is 1. The van der Waals surface area contributed by atoms with E-state index < -0.39 is 0 Å². The second-order valence-electron chi connectivity index (χ2n) is 5.15. The Kier molecular flexibility index (Phi) is 2.49. The molecule has 2 bridgehead atoms. The normalized spacial score (nSPS) is 33.5. The van der Waals surface area contributed by atoms with Crippen molar-refractivity contribution >= 4 is 0 Å². The molecule has 2 aliphatic carbocycles. The van der Waals surface area contributed by atoms with E-state index in [0.717, 1.165) is 24.4 Å². The summed E-state index contributed by atoms with van der Waals surface area (Å²) in [4.78, 5) is 0. The van der Waals surface area contributed by atoms with Crippen molar-refractivity contribution in [3.8, 4) is 0 Å². The summed E-state index contributed by atoms with van der Waals surface area (Å²) >= 11 is 0. The van der Waals surface area contributed by atoms with E-state index in [4.69, 9.17) is 0 Å². The third-order valence-corrected chi connectivity index (χ3v) is 4.15. The van der Waals surface area contributed by atoms with E-state index in [2.05, 4.69) is 35.6 Å². The van der Waals surface area contributed by atoms with Gasteiger partial charge in [0.1, 0.15) is 0 Å². The molecule has 3 atom stereocenters. The monoisotopic (exact) mass is 201 g/mol. The Bertz CT molecular complexity index is 319. The molecule has 15 heavy (non-hydrogen) atoms. The van der Waals surface area contributed by atoms with Crippen LogP contribution in [0, 0.1) is 11.8 Å². The first-order valence-corrected chi connectivity index (χ1v) is 6.19. The van der Waals surface area contributed by atoms with Crippen LogP contribution in [0.25, 0.3) is 0 Å². The molecule has 0 radical (unpaired) electrons. The van der Waals surface area contributed by atoms with E-state index in [-0.39, 0.29) is 0 Å². The molecule has 3 rings (SSSR count). The SMILES string of the molecule is c1ccc(CN[C@H]2C[C@H]3CC[C@H]2C3)cc1. The summed E-state index contributed by atoms with van der Waals surface area (Å²) in [6.07, 6.45) is 5.88. The van der Waals surface area contributed by atoms with Crippen LogP contribution in [0.15, 0.2) is 30.3 Å². The van der Waals surface area contributed by atoms with Crippen LogP contribution in [0.4, 0.5) is 0 Å². The number of fused-ring (bicyclic) bond motifs is 2.